The van der Waals surface area contributed by atoms with Crippen molar-refractivity contribution < 1.29 is 19.0 Å². The number of nitro groups is 1. The van der Waals surface area contributed by atoms with E-state index in [1.807, 2.05) is 19.9 Å². The molecular weight excluding hydrogens is 392 g/mol. The maximum absolute atomic E-state index is 13.2. The van der Waals surface area contributed by atoms with E-state index in [0.29, 0.717) is 11.7 Å². The van der Waals surface area contributed by atoms with E-state index < -0.39 is 16.7 Å². The molecule has 29 heavy (non-hydrogen) atoms. The summed E-state index contributed by atoms with van der Waals surface area (Å²) in [5.41, 5.74) is 3.07. The van der Waals surface area contributed by atoms with Crippen LogP contribution >= 0.6 is 11.3 Å². The van der Waals surface area contributed by atoms with Crippen LogP contribution < -0.4 is 9.80 Å². The van der Waals surface area contributed by atoms with Gasteiger partial charge in [0.25, 0.3) is 5.91 Å². The number of benzene rings is 1. The molecule has 0 aliphatic carbocycles. The molecule has 9 heteroatoms. The molecule has 0 saturated carbocycles. The molecule has 154 valence electrons. The molecule has 8 nitrogen and oxygen atoms in total. The molecule has 0 aliphatic rings. The number of nitrogens with one attached hydrogen (secondary N) is 1. The number of fused-ring (bicyclic) bond motifs is 1. The lowest BCUT2D eigenvalue weighted by molar-refractivity contribution is -0.894. The molecule has 1 amide bonds. The molecule has 1 N–H and O–H groups in total. The molecule has 0 saturated heterocycles. The standard InChI is InChI=1S/C20H24N4O4S/c1-5-22(6-2)9-10-23(19(25)16-7-8-17(28-16)24(26)27)20-21-15-12-13(3)11-14(4)18(15)29-20/h7-8,11-12H,5-6,9-10H2,1-4H3/p+1. The van der Waals surface area contributed by atoms with Gasteiger partial charge in [0.1, 0.15) is 4.92 Å². The van der Waals surface area contributed by atoms with Crippen molar-refractivity contribution in [1.29, 1.82) is 0 Å². The van der Waals surface area contributed by atoms with E-state index in [9.17, 15) is 14.9 Å². The van der Waals surface area contributed by atoms with E-state index >= 15 is 0 Å². The number of rotatable bonds is 8. The van der Waals surface area contributed by atoms with Crippen LogP contribution in [-0.4, -0.2) is 42.0 Å². The summed E-state index contributed by atoms with van der Waals surface area (Å²) in [5, 5.41) is 11.5. The van der Waals surface area contributed by atoms with Crippen molar-refractivity contribution in [2.75, 3.05) is 31.1 Å². The first-order valence-electron chi connectivity index (χ1n) is 9.61. The van der Waals surface area contributed by atoms with Gasteiger partial charge in [-0.1, -0.05) is 17.4 Å². The van der Waals surface area contributed by atoms with E-state index in [1.165, 1.54) is 28.4 Å². The molecule has 0 radical (unpaired) electrons. The van der Waals surface area contributed by atoms with Gasteiger partial charge in [-0.3, -0.25) is 19.8 Å². The number of carbonyl (C=O) groups excluding carboxylic acids is 1. The maximum Gasteiger partial charge on any atom is 0.433 e. The summed E-state index contributed by atoms with van der Waals surface area (Å²) in [6, 6.07) is 6.64. The minimum Gasteiger partial charge on any atom is -0.395 e. The van der Waals surface area contributed by atoms with Gasteiger partial charge in [0.2, 0.25) is 0 Å². The number of nitrogens with zero attached hydrogens (tertiary/aromatic N) is 3. The molecule has 2 heterocycles. The van der Waals surface area contributed by atoms with Crippen LogP contribution in [0, 0.1) is 24.0 Å². The van der Waals surface area contributed by atoms with Crippen LogP contribution in [0.4, 0.5) is 11.0 Å². The van der Waals surface area contributed by atoms with Crippen LogP contribution in [-0.2, 0) is 0 Å². The van der Waals surface area contributed by atoms with Gasteiger partial charge in [-0.2, -0.15) is 0 Å². The fourth-order valence-corrected chi connectivity index (χ4v) is 4.35. The number of quaternary nitrogens is 1. The molecular formula is C20H25N4O4S+. The highest BCUT2D eigenvalue weighted by Crippen LogP contribution is 2.33. The topological polar surface area (TPSA) is 93.9 Å². The molecule has 0 aliphatic heterocycles. The minimum absolute atomic E-state index is 0.0570. The number of carbonyl (C=O) groups is 1. The second-order valence-corrected chi connectivity index (χ2v) is 7.96. The molecule has 0 spiro atoms. The van der Waals surface area contributed by atoms with Crippen molar-refractivity contribution in [3.05, 3.63) is 51.3 Å². The maximum atomic E-state index is 13.2. The number of furan rings is 1. The number of anilines is 1. The van der Waals surface area contributed by atoms with E-state index in [2.05, 4.69) is 19.9 Å². The zero-order valence-corrected chi connectivity index (χ0v) is 17.8. The highest BCUT2D eigenvalue weighted by molar-refractivity contribution is 7.22. The zero-order valence-electron chi connectivity index (χ0n) is 17.0. The van der Waals surface area contributed by atoms with Gasteiger partial charge < -0.3 is 9.32 Å². The third kappa shape index (κ3) is 4.46. The molecule has 0 bridgehead atoms. The van der Waals surface area contributed by atoms with Crippen LogP contribution in [0.1, 0.15) is 35.5 Å². The number of aromatic nitrogens is 1. The van der Waals surface area contributed by atoms with Gasteiger partial charge >= 0.3 is 5.88 Å². The highest BCUT2D eigenvalue weighted by Gasteiger charge is 2.27. The van der Waals surface area contributed by atoms with Gasteiger partial charge in [0.05, 0.1) is 42.5 Å². The van der Waals surface area contributed by atoms with Crippen LogP contribution in [0.15, 0.2) is 28.7 Å². The Bertz CT molecular complexity index is 1040. The van der Waals surface area contributed by atoms with Crippen molar-refractivity contribution >= 4 is 38.5 Å². The molecule has 0 fully saturated rings. The second-order valence-electron chi connectivity index (χ2n) is 6.99. The molecule has 3 aromatic rings. The fourth-order valence-electron chi connectivity index (χ4n) is 3.31. The third-order valence-electron chi connectivity index (χ3n) is 4.96. The Labute approximate surface area is 172 Å². The van der Waals surface area contributed by atoms with Crippen LogP contribution in [0.25, 0.3) is 10.2 Å². The van der Waals surface area contributed by atoms with Crippen molar-refractivity contribution in [1.82, 2.24) is 4.98 Å². The Balaban J connectivity index is 1.99. The number of thiazole rings is 1. The fraction of sp³-hybridized carbons (Fsp3) is 0.400. The molecule has 0 unspecified atom stereocenters. The van der Waals surface area contributed by atoms with Gasteiger partial charge in [0.15, 0.2) is 10.9 Å². The molecule has 2 aromatic heterocycles. The number of amides is 1. The average molecular weight is 418 g/mol. The summed E-state index contributed by atoms with van der Waals surface area (Å²) in [4.78, 5) is 31.1. The first-order chi connectivity index (χ1) is 13.8. The van der Waals surface area contributed by atoms with Crippen LogP contribution in [0.2, 0.25) is 0 Å². The summed E-state index contributed by atoms with van der Waals surface area (Å²) >= 11 is 1.45. The predicted molar refractivity (Wildman–Crippen MR) is 113 cm³/mol. The predicted octanol–water partition coefficient (Wildman–Crippen LogP) is 2.99. The molecule has 1 aromatic carbocycles. The SMILES string of the molecule is CC[NH+](CC)CCN(C(=O)c1ccc([N+](=O)[O-])o1)c1nc2cc(C)cc(C)c2s1. The lowest BCUT2D eigenvalue weighted by Gasteiger charge is -2.22. The van der Waals surface area contributed by atoms with Crippen molar-refractivity contribution in [3.63, 3.8) is 0 Å². The van der Waals surface area contributed by atoms with Gasteiger partial charge in [-0.25, -0.2) is 4.98 Å². The van der Waals surface area contributed by atoms with E-state index in [0.717, 1.165) is 41.0 Å². The van der Waals surface area contributed by atoms with Gasteiger partial charge in [0, 0.05) is 0 Å². The third-order valence-corrected chi connectivity index (χ3v) is 6.19. The summed E-state index contributed by atoms with van der Waals surface area (Å²) in [6.07, 6.45) is 0. The Hall–Kier alpha value is -2.78. The summed E-state index contributed by atoms with van der Waals surface area (Å²) in [5.74, 6) is -0.921. The van der Waals surface area contributed by atoms with Crippen molar-refractivity contribution in [2.24, 2.45) is 0 Å². The first-order valence-corrected chi connectivity index (χ1v) is 10.4. The zero-order chi connectivity index (χ0) is 21.1. The smallest absolute Gasteiger partial charge is 0.395 e. The average Bonchev–Trinajstić information content (AvgIpc) is 3.32. The lowest BCUT2D eigenvalue weighted by atomic mass is 10.1. The summed E-state index contributed by atoms with van der Waals surface area (Å²) in [6.45, 7) is 11.3. The number of hydrogen-bond acceptors (Lipinski definition) is 6. The largest absolute Gasteiger partial charge is 0.433 e. The Morgan fingerprint density at radius 1 is 1.28 bits per heavy atom. The second kappa shape index (κ2) is 8.71. The number of hydrogen-bond donors (Lipinski definition) is 1. The van der Waals surface area contributed by atoms with Crippen LogP contribution in [0.3, 0.4) is 0 Å². The Kier molecular flexibility index (Phi) is 6.29. The Morgan fingerprint density at radius 2 is 2.00 bits per heavy atom. The number of likely N-dealkylation sites (N-methyl/N-ethyl adjacent to an activating group) is 1. The summed E-state index contributed by atoms with van der Waals surface area (Å²) < 4.78 is 6.20. The monoisotopic (exact) mass is 417 g/mol. The highest BCUT2D eigenvalue weighted by atomic mass is 32.1. The van der Waals surface area contributed by atoms with Crippen molar-refractivity contribution in [3.8, 4) is 0 Å². The number of aryl methyl sites for hydroxylation is 2. The van der Waals surface area contributed by atoms with Gasteiger partial charge in [-0.15, -0.1) is 0 Å². The summed E-state index contributed by atoms with van der Waals surface area (Å²) in [7, 11) is 0. The lowest BCUT2D eigenvalue weighted by Crippen LogP contribution is -3.12. The van der Waals surface area contributed by atoms with E-state index in [1.54, 1.807) is 4.90 Å². The Morgan fingerprint density at radius 3 is 2.62 bits per heavy atom. The van der Waals surface area contributed by atoms with Gasteiger partial charge in [-0.05, 0) is 51.0 Å². The first kappa shape index (κ1) is 20.9. The van der Waals surface area contributed by atoms with E-state index in [4.69, 9.17) is 9.40 Å². The van der Waals surface area contributed by atoms with Crippen molar-refractivity contribution in [2.45, 2.75) is 27.7 Å². The quantitative estimate of drug-likeness (QED) is 0.449. The minimum atomic E-state index is -0.648. The van der Waals surface area contributed by atoms with Crippen LogP contribution in [0.5, 0.6) is 0 Å². The van der Waals surface area contributed by atoms with E-state index in [-0.39, 0.29) is 5.76 Å². The molecule has 3 rings (SSSR count). The normalized spacial score (nSPS) is 11.3. The molecule has 0 atom stereocenters.